The molecular weight excluding hydrogens is 272 g/mol. The summed E-state index contributed by atoms with van der Waals surface area (Å²) in [5.41, 5.74) is 1.74. The van der Waals surface area contributed by atoms with Crippen LogP contribution in [0.5, 0.6) is 0 Å². The van der Waals surface area contributed by atoms with E-state index in [2.05, 4.69) is 21.0 Å². The van der Waals surface area contributed by atoms with E-state index in [1.165, 1.54) is 6.26 Å². The van der Waals surface area contributed by atoms with Crippen LogP contribution in [0.3, 0.4) is 0 Å². The molecule has 0 aliphatic heterocycles. The van der Waals surface area contributed by atoms with Crippen molar-refractivity contribution in [2.75, 3.05) is 0 Å². The minimum Gasteiger partial charge on any atom is -0.461 e. The summed E-state index contributed by atoms with van der Waals surface area (Å²) >= 11 is 3.43. The molecule has 0 aliphatic carbocycles. The van der Waals surface area contributed by atoms with E-state index in [0.717, 1.165) is 15.9 Å². The van der Waals surface area contributed by atoms with Crippen LogP contribution in [0.1, 0.15) is 21.9 Å². The predicted molar refractivity (Wildman–Crippen MR) is 62.4 cm³/mol. The molecule has 0 amide bonds. The second-order valence-electron chi connectivity index (χ2n) is 3.55. The van der Waals surface area contributed by atoms with Gasteiger partial charge in [-0.05, 0) is 35.0 Å². The van der Waals surface area contributed by atoms with Crippen molar-refractivity contribution in [3.63, 3.8) is 0 Å². The number of carbonyl (C=O) groups excluding carboxylic acids is 1. The molecule has 0 aliphatic rings. The highest BCUT2D eigenvalue weighted by Crippen LogP contribution is 2.21. The second-order valence-corrected chi connectivity index (χ2v) is 4.34. The van der Waals surface area contributed by atoms with Crippen LogP contribution in [0.25, 0.3) is 0 Å². The Bertz CT molecular complexity index is 514. The van der Waals surface area contributed by atoms with Crippen LogP contribution in [0.2, 0.25) is 0 Å². The number of aryl methyl sites for hydroxylation is 2. The molecule has 84 valence electrons. The van der Waals surface area contributed by atoms with Gasteiger partial charge in [0, 0.05) is 7.05 Å². The Balaban J connectivity index is 2.25. The van der Waals surface area contributed by atoms with E-state index in [1.807, 2.05) is 14.0 Å². The van der Waals surface area contributed by atoms with E-state index in [-0.39, 0.29) is 12.2 Å². The van der Waals surface area contributed by atoms with Crippen LogP contribution < -0.4 is 0 Å². The Hall–Kier alpha value is -1.36. The first-order chi connectivity index (χ1) is 7.59. The lowest BCUT2D eigenvalue weighted by molar-refractivity contribution is 0.0964. The van der Waals surface area contributed by atoms with Crippen LogP contribution in [-0.2, 0) is 13.5 Å². The maximum Gasteiger partial charge on any atom is 0.203 e. The summed E-state index contributed by atoms with van der Waals surface area (Å²) in [6.45, 7) is 1.89. The number of ketones is 1. The Kier molecular flexibility index (Phi) is 2.96. The summed E-state index contributed by atoms with van der Waals surface area (Å²) in [7, 11) is 1.82. The van der Waals surface area contributed by atoms with Gasteiger partial charge in [-0.1, -0.05) is 0 Å². The van der Waals surface area contributed by atoms with Gasteiger partial charge in [0.25, 0.3) is 0 Å². The molecule has 0 saturated carbocycles. The lowest BCUT2D eigenvalue weighted by atomic mass is 10.2. The molecule has 2 aromatic heterocycles. The molecule has 0 unspecified atom stereocenters. The zero-order valence-electron chi connectivity index (χ0n) is 9.03. The summed E-state index contributed by atoms with van der Waals surface area (Å²) in [4.78, 5) is 11.8. The highest BCUT2D eigenvalue weighted by molar-refractivity contribution is 9.10. The minimum atomic E-state index is -0.0475. The number of carbonyl (C=O) groups is 1. The van der Waals surface area contributed by atoms with Gasteiger partial charge < -0.3 is 4.42 Å². The van der Waals surface area contributed by atoms with Crippen LogP contribution in [0.15, 0.2) is 27.3 Å². The third kappa shape index (κ3) is 1.95. The maximum atomic E-state index is 11.8. The average molecular weight is 283 g/mol. The zero-order chi connectivity index (χ0) is 11.7. The van der Waals surface area contributed by atoms with Crippen LogP contribution in [0, 0.1) is 6.92 Å². The number of halogens is 1. The third-order valence-corrected chi connectivity index (χ3v) is 3.42. The van der Waals surface area contributed by atoms with Gasteiger partial charge in [-0.2, -0.15) is 5.10 Å². The fourth-order valence-corrected chi connectivity index (χ4v) is 2.02. The molecule has 0 spiro atoms. The number of aromatic nitrogens is 2. The van der Waals surface area contributed by atoms with E-state index in [1.54, 1.807) is 16.8 Å². The smallest absolute Gasteiger partial charge is 0.203 e. The van der Waals surface area contributed by atoms with Gasteiger partial charge in [0.05, 0.1) is 28.5 Å². The van der Waals surface area contributed by atoms with E-state index in [0.29, 0.717) is 5.76 Å². The van der Waals surface area contributed by atoms with E-state index < -0.39 is 0 Å². The van der Waals surface area contributed by atoms with E-state index in [4.69, 9.17) is 4.42 Å². The molecule has 0 fully saturated rings. The number of furan rings is 1. The number of Topliss-reactive ketones (excluding diaryl/α,β-unsaturated/α-hetero) is 1. The first-order valence-corrected chi connectivity index (χ1v) is 5.63. The molecule has 0 N–H and O–H groups in total. The molecule has 0 saturated heterocycles. The van der Waals surface area contributed by atoms with Crippen molar-refractivity contribution in [3.8, 4) is 0 Å². The highest BCUT2D eigenvalue weighted by atomic mass is 79.9. The number of hydrogen-bond donors (Lipinski definition) is 0. The second kappa shape index (κ2) is 4.25. The number of rotatable bonds is 3. The molecule has 2 aromatic rings. The topological polar surface area (TPSA) is 48.0 Å². The molecule has 4 nitrogen and oxygen atoms in total. The van der Waals surface area contributed by atoms with Crippen molar-refractivity contribution in [1.82, 2.24) is 9.78 Å². The number of nitrogens with zero attached hydrogens (tertiary/aromatic N) is 2. The quantitative estimate of drug-likeness (QED) is 0.813. The standard InChI is InChI=1S/C11H11BrN2O2/c1-7-11(12)8(14(2)13-7)6-9(15)10-4-3-5-16-10/h3-5H,6H2,1-2H3. The maximum absolute atomic E-state index is 11.8. The molecular formula is C11H11BrN2O2. The number of hydrogen-bond acceptors (Lipinski definition) is 3. The summed E-state index contributed by atoms with van der Waals surface area (Å²) < 4.78 is 7.65. The van der Waals surface area contributed by atoms with Gasteiger partial charge in [-0.3, -0.25) is 9.48 Å². The van der Waals surface area contributed by atoms with Gasteiger partial charge in [0.1, 0.15) is 0 Å². The zero-order valence-corrected chi connectivity index (χ0v) is 10.6. The van der Waals surface area contributed by atoms with E-state index in [9.17, 15) is 4.79 Å². The van der Waals surface area contributed by atoms with Crippen LogP contribution in [-0.4, -0.2) is 15.6 Å². The predicted octanol–water partition coefficient (Wildman–Crippen LogP) is 2.51. The minimum absolute atomic E-state index is 0.0475. The molecule has 0 radical (unpaired) electrons. The average Bonchev–Trinajstić information content (AvgIpc) is 2.83. The third-order valence-electron chi connectivity index (χ3n) is 2.39. The monoisotopic (exact) mass is 282 g/mol. The van der Waals surface area contributed by atoms with Crippen molar-refractivity contribution in [1.29, 1.82) is 0 Å². The normalized spacial score (nSPS) is 10.7. The summed E-state index contributed by atoms with van der Waals surface area (Å²) in [5, 5.41) is 4.23. The lowest BCUT2D eigenvalue weighted by Gasteiger charge is -2.00. The summed E-state index contributed by atoms with van der Waals surface area (Å²) in [6, 6.07) is 3.37. The van der Waals surface area contributed by atoms with Crippen LogP contribution >= 0.6 is 15.9 Å². The molecule has 0 atom stereocenters. The lowest BCUT2D eigenvalue weighted by Crippen LogP contribution is -2.07. The van der Waals surface area contributed by atoms with Gasteiger partial charge in [0.2, 0.25) is 5.78 Å². The molecule has 0 bridgehead atoms. The Labute approximate surface area is 101 Å². The van der Waals surface area contributed by atoms with Crippen LogP contribution in [0.4, 0.5) is 0 Å². The largest absolute Gasteiger partial charge is 0.461 e. The Morgan fingerprint density at radius 3 is 2.88 bits per heavy atom. The van der Waals surface area contributed by atoms with Gasteiger partial charge in [0.15, 0.2) is 5.76 Å². The van der Waals surface area contributed by atoms with Gasteiger partial charge in [-0.15, -0.1) is 0 Å². The first kappa shape index (κ1) is 11.1. The highest BCUT2D eigenvalue weighted by Gasteiger charge is 2.16. The summed E-state index contributed by atoms with van der Waals surface area (Å²) in [5.74, 6) is 0.333. The molecule has 2 heterocycles. The SMILES string of the molecule is Cc1nn(C)c(CC(=O)c2ccco2)c1Br. The van der Waals surface area contributed by atoms with Crippen molar-refractivity contribution >= 4 is 21.7 Å². The molecule has 2 rings (SSSR count). The summed E-state index contributed by atoms with van der Waals surface area (Å²) in [6.07, 6.45) is 1.78. The van der Waals surface area contributed by atoms with Crippen molar-refractivity contribution in [3.05, 3.63) is 40.0 Å². The fraction of sp³-hybridized carbons (Fsp3) is 0.273. The molecule has 16 heavy (non-hydrogen) atoms. The van der Waals surface area contributed by atoms with Crippen molar-refractivity contribution in [2.45, 2.75) is 13.3 Å². The van der Waals surface area contributed by atoms with E-state index >= 15 is 0 Å². The first-order valence-electron chi connectivity index (χ1n) is 4.84. The van der Waals surface area contributed by atoms with Gasteiger partial charge in [-0.25, -0.2) is 0 Å². The van der Waals surface area contributed by atoms with Gasteiger partial charge >= 0.3 is 0 Å². The fourth-order valence-electron chi connectivity index (χ4n) is 1.55. The van der Waals surface area contributed by atoms with Crippen molar-refractivity contribution in [2.24, 2.45) is 7.05 Å². The molecule has 0 aromatic carbocycles. The van der Waals surface area contributed by atoms with Crippen molar-refractivity contribution < 1.29 is 9.21 Å². The Morgan fingerprint density at radius 1 is 1.62 bits per heavy atom. The Morgan fingerprint density at radius 2 is 2.38 bits per heavy atom. The molecule has 5 heteroatoms.